The molecule has 2 N–H and O–H groups in total. The maximum Gasteiger partial charge on any atom is 0.251 e. The number of nitrogens with zero attached hydrogens (tertiary/aromatic N) is 1. The minimum atomic E-state index is -3.62. The summed E-state index contributed by atoms with van der Waals surface area (Å²) >= 11 is 0. The van der Waals surface area contributed by atoms with Crippen molar-refractivity contribution in [2.24, 2.45) is 0 Å². The monoisotopic (exact) mass is 379 g/mol. The number of amides is 1. The van der Waals surface area contributed by atoms with Crippen molar-refractivity contribution in [1.29, 1.82) is 0 Å². The van der Waals surface area contributed by atoms with Crippen molar-refractivity contribution in [2.75, 3.05) is 27.4 Å². The summed E-state index contributed by atoms with van der Waals surface area (Å²) in [5.74, 6) is 0.188. The van der Waals surface area contributed by atoms with Crippen LogP contribution in [0.5, 0.6) is 5.88 Å². The maximum atomic E-state index is 12.2. The van der Waals surface area contributed by atoms with Gasteiger partial charge in [-0.15, -0.1) is 0 Å². The molecule has 1 aromatic heterocycles. The van der Waals surface area contributed by atoms with Crippen LogP contribution in [0.4, 0.5) is 0 Å². The summed E-state index contributed by atoms with van der Waals surface area (Å²) in [4.78, 5) is 16.3. The van der Waals surface area contributed by atoms with E-state index < -0.39 is 10.0 Å². The lowest BCUT2D eigenvalue weighted by Gasteiger charge is -2.08. The Morgan fingerprint density at radius 2 is 1.85 bits per heavy atom. The number of sulfonamides is 1. The zero-order valence-electron chi connectivity index (χ0n) is 14.6. The van der Waals surface area contributed by atoms with Gasteiger partial charge in [-0.25, -0.2) is 18.1 Å². The first-order valence-corrected chi connectivity index (χ1v) is 9.30. The normalized spacial score (nSPS) is 11.2. The average molecular weight is 379 g/mol. The van der Waals surface area contributed by atoms with Gasteiger partial charge in [-0.2, -0.15) is 0 Å². The number of nitrogens with one attached hydrogen (secondary N) is 2. The summed E-state index contributed by atoms with van der Waals surface area (Å²) in [6.07, 6.45) is 1.61. The van der Waals surface area contributed by atoms with Gasteiger partial charge in [0.15, 0.2) is 0 Å². The van der Waals surface area contributed by atoms with E-state index in [0.717, 1.165) is 5.56 Å². The molecule has 8 nitrogen and oxygen atoms in total. The van der Waals surface area contributed by atoms with Crippen molar-refractivity contribution < 1.29 is 22.7 Å². The van der Waals surface area contributed by atoms with Crippen molar-refractivity contribution in [1.82, 2.24) is 15.0 Å². The van der Waals surface area contributed by atoms with Gasteiger partial charge in [0.05, 0.1) is 18.6 Å². The fourth-order valence-electron chi connectivity index (χ4n) is 2.07. The Morgan fingerprint density at radius 1 is 1.12 bits per heavy atom. The molecule has 9 heteroatoms. The van der Waals surface area contributed by atoms with Gasteiger partial charge in [0.2, 0.25) is 15.9 Å². The predicted octanol–water partition coefficient (Wildman–Crippen LogP) is 0.945. The van der Waals surface area contributed by atoms with E-state index in [1.54, 1.807) is 18.3 Å². The maximum absolute atomic E-state index is 12.2. The molecule has 0 aliphatic carbocycles. The number of hydrogen-bond acceptors (Lipinski definition) is 6. The van der Waals surface area contributed by atoms with Gasteiger partial charge in [-0.1, -0.05) is 6.07 Å². The molecule has 0 bridgehead atoms. The Balaban J connectivity index is 1.95. The summed E-state index contributed by atoms with van der Waals surface area (Å²) in [5, 5.41) is 2.75. The second-order valence-electron chi connectivity index (χ2n) is 5.31. The molecule has 2 rings (SSSR count). The molecular weight excluding hydrogens is 358 g/mol. The zero-order chi connectivity index (χ0) is 19.0. The van der Waals surface area contributed by atoms with Crippen molar-refractivity contribution in [3.63, 3.8) is 0 Å². The molecule has 0 saturated heterocycles. The largest absolute Gasteiger partial charge is 0.481 e. The van der Waals surface area contributed by atoms with E-state index >= 15 is 0 Å². The summed E-state index contributed by atoms with van der Waals surface area (Å²) < 4.78 is 36.3. The number of carbonyl (C=O) groups excluding carboxylic acids is 1. The zero-order valence-corrected chi connectivity index (χ0v) is 15.4. The quantitative estimate of drug-likeness (QED) is 0.628. The molecule has 26 heavy (non-hydrogen) atoms. The number of benzene rings is 1. The number of methoxy groups -OCH3 is 2. The van der Waals surface area contributed by atoms with Gasteiger partial charge in [-0.3, -0.25) is 4.79 Å². The van der Waals surface area contributed by atoms with E-state index in [1.807, 2.05) is 0 Å². The lowest BCUT2D eigenvalue weighted by atomic mass is 10.2. The van der Waals surface area contributed by atoms with Crippen LogP contribution in [-0.2, 0) is 21.3 Å². The number of aromatic nitrogens is 1. The van der Waals surface area contributed by atoms with E-state index in [0.29, 0.717) is 18.0 Å². The highest BCUT2D eigenvalue weighted by Gasteiger charge is 2.14. The molecule has 0 saturated carbocycles. The van der Waals surface area contributed by atoms with Crippen molar-refractivity contribution in [2.45, 2.75) is 11.4 Å². The molecule has 1 amide bonds. The minimum absolute atomic E-state index is 0.0875. The van der Waals surface area contributed by atoms with E-state index in [-0.39, 0.29) is 24.0 Å². The molecule has 0 aliphatic heterocycles. The predicted molar refractivity (Wildman–Crippen MR) is 95.5 cm³/mol. The van der Waals surface area contributed by atoms with Gasteiger partial charge in [-0.05, 0) is 29.8 Å². The van der Waals surface area contributed by atoms with E-state index in [1.165, 1.54) is 38.5 Å². The fraction of sp³-hybridized carbons (Fsp3) is 0.294. The Kier molecular flexibility index (Phi) is 7.07. The second-order valence-corrected chi connectivity index (χ2v) is 7.07. The highest BCUT2D eigenvalue weighted by Crippen LogP contribution is 2.11. The number of rotatable bonds is 9. The van der Waals surface area contributed by atoms with Crippen LogP contribution in [0.15, 0.2) is 47.5 Å². The third-order valence-electron chi connectivity index (χ3n) is 3.48. The topological polar surface area (TPSA) is 107 Å². The smallest absolute Gasteiger partial charge is 0.251 e. The summed E-state index contributed by atoms with van der Waals surface area (Å²) in [6, 6.07) is 9.21. The highest BCUT2D eigenvalue weighted by molar-refractivity contribution is 7.89. The van der Waals surface area contributed by atoms with Crippen LogP contribution >= 0.6 is 0 Å². The van der Waals surface area contributed by atoms with Gasteiger partial charge >= 0.3 is 0 Å². The molecule has 140 valence electrons. The van der Waals surface area contributed by atoms with Crippen LogP contribution in [0.1, 0.15) is 15.9 Å². The van der Waals surface area contributed by atoms with Crippen LogP contribution in [-0.4, -0.2) is 46.7 Å². The number of carbonyl (C=O) groups is 1. The standard InChI is InChI=1S/C17H21N3O5S/c1-24-10-9-20-26(22,23)15-6-4-14(5-7-15)17(21)19-12-13-3-8-16(25-2)18-11-13/h3-8,11,20H,9-10,12H2,1-2H3,(H,19,21). The van der Waals surface area contributed by atoms with Crippen LogP contribution in [0.3, 0.4) is 0 Å². The first-order valence-electron chi connectivity index (χ1n) is 7.82. The van der Waals surface area contributed by atoms with Gasteiger partial charge in [0.1, 0.15) is 0 Å². The molecule has 0 aliphatic rings. The molecule has 0 fully saturated rings. The van der Waals surface area contributed by atoms with Crippen molar-refractivity contribution in [3.8, 4) is 5.88 Å². The molecular formula is C17H21N3O5S. The molecule has 2 aromatic rings. The molecule has 1 heterocycles. The molecule has 0 spiro atoms. The Bertz CT molecular complexity index is 820. The van der Waals surface area contributed by atoms with E-state index in [9.17, 15) is 13.2 Å². The lowest BCUT2D eigenvalue weighted by Crippen LogP contribution is -2.27. The van der Waals surface area contributed by atoms with Crippen LogP contribution in [0.25, 0.3) is 0 Å². The lowest BCUT2D eigenvalue weighted by molar-refractivity contribution is 0.0951. The third-order valence-corrected chi connectivity index (χ3v) is 4.96. The molecule has 0 radical (unpaired) electrons. The Hall–Kier alpha value is -2.49. The van der Waals surface area contributed by atoms with Crippen LogP contribution in [0, 0.1) is 0 Å². The molecule has 1 aromatic carbocycles. The minimum Gasteiger partial charge on any atom is -0.481 e. The average Bonchev–Trinajstić information content (AvgIpc) is 2.66. The van der Waals surface area contributed by atoms with Crippen LogP contribution in [0.2, 0.25) is 0 Å². The fourth-order valence-corrected chi connectivity index (χ4v) is 3.08. The highest BCUT2D eigenvalue weighted by atomic mass is 32.2. The third kappa shape index (κ3) is 5.51. The van der Waals surface area contributed by atoms with Gasteiger partial charge < -0.3 is 14.8 Å². The number of hydrogen-bond donors (Lipinski definition) is 2. The Morgan fingerprint density at radius 3 is 2.42 bits per heavy atom. The first kappa shape index (κ1) is 19.8. The van der Waals surface area contributed by atoms with Gasteiger partial charge in [0.25, 0.3) is 5.91 Å². The van der Waals surface area contributed by atoms with Crippen molar-refractivity contribution in [3.05, 3.63) is 53.7 Å². The van der Waals surface area contributed by atoms with Crippen molar-refractivity contribution >= 4 is 15.9 Å². The summed E-state index contributed by atoms with van der Waals surface area (Å²) in [7, 11) is -0.600. The van der Waals surface area contributed by atoms with Crippen LogP contribution < -0.4 is 14.8 Å². The van der Waals surface area contributed by atoms with E-state index in [4.69, 9.17) is 9.47 Å². The molecule has 0 unspecified atom stereocenters. The summed E-state index contributed by atoms with van der Waals surface area (Å²) in [5.41, 5.74) is 1.18. The summed E-state index contributed by atoms with van der Waals surface area (Å²) in [6.45, 7) is 0.755. The van der Waals surface area contributed by atoms with E-state index in [2.05, 4.69) is 15.0 Å². The Labute approximate surface area is 152 Å². The molecule has 0 atom stereocenters. The number of ether oxygens (including phenoxy) is 2. The van der Waals surface area contributed by atoms with Gasteiger partial charge in [0, 0.05) is 38.0 Å². The first-order chi connectivity index (χ1) is 12.5. The number of pyridine rings is 1. The SMILES string of the molecule is COCCNS(=O)(=O)c1ccc(C(=O)NCc2ccc(OC)nc2)cc1. The second kappa shape index (κ2) is 9.27.